The van der Waals surface area contributed by atoms with E-state index in [0.29, 0.717) is 18.0 Å². The van der Waals surface area contributed by atoms with Crippen LogP contribution in [-0.2, 0) is 9.59 Å². The monoisotopic (exact) mass is 375 g/mol. The van der Waals surface area contributed by atoms with Crippen LogP contribution in [0.15, 0.2) is 18.2 Å². The van der Waals surface area contributed by atoms with E-state index >= 15 is 0 Å². The van der Waals surface area contributed by atoms with E-state index in [4.69, 9.17) is 11.6 Å². The lowest BCUT2D eigenvalue weighted by atomic mass is 9.82. The highest BCUT2D eigenvalue weighted by Crippen LogP contribution is 2.38. The number of halogens is 1. The molecule has 0 spiro atoms. The average Bonchev–Trinajstić information content (AvgIpc) is 3.07. The third kappa shape index (κ3) is 3.07. The van der Waals surface area contributed by atoms with Gasteiger partial charge in [0.2, 0.25) is 11.8 Å². The van der Waals surface area contributed by atoms with Gasteiger partial charge in [0.15, 0.2) is 0 Å². The standard InChI is InChI=1S/C20H26ClN3O2/c1-22-11-12-24(18-13-14(21)8-9-17(18)22)20(26)15-5-2-3-6-16(15)23-10-4-7-19(23)25/h8-9,13,15-16H,2-7,10-12H2,1H3/t15-,16+/m1/s1. The highest BCUT2D eigenvalue weighted by atomic mass is 35.5. The summed E-state index contributed by atoms with van der Waals surface area (Å²) in [5, 5.41) is 0.645. The van der Waals surface area contributed by atoms with Gasteiger partial charge in [-0.2, -0.15) is 0 Å². The highest BCUT2D eigenvalue weighted by Gasteiger charge is 2.41. The number of likely N-dealkylation sites (N-methyl/N-ethyl adjacent to an activating group) is 1. The third-order valence-electron chi connectivity index (χ3n) is 6.12. The predicted octanol–water partition coefficient (Wildman–Crippen LogP) is 3.30. The minimum Gasteiger partial charge on any atom is -0.371 e. The van der Waals surface area contributed by atoms with Crippen LogP contribution < -0.4 is 9.80 Å². The third-order valence-corrected chi connectivity index (χ3v) is 6.36. The lowest BCUT2D eigenvalue weighted by molar-refractivity contribution is -0.134. The van der Waals surface area contributed by atoms with Crippen LogP contribution in [0.4, 0.5) is 11.4 Å². The average molecular weight is 376 g/mol. The van der Waals surface area contributed by atoms with Crippen LogP contribution >= 0.6 is 11.6 Å². The predicted molar refractivity (Wildman–Crippen MR) is 104 cm³/mol. The minimum absolute atomic E-state index is 0.0635. The quantitative estimate of drug-likeness (QED) is 0.796. The zero-order valence-electron chi connectivity index (χ0n) is 15.3. The Morgan fingerprint density at radius 1 is 1.08 bits per heavy atom. The van der Waals surface area contributed by atoms with Crippen molar-refractivity contribution in [3.8, 4) is 0 Å². The van der Waals surface area contributed by atoms with E-state index in [-0.39, 0.29) is 23.8 Å². The Hall–Kier alpha value is -1.75. The lowest BCUT2D eigenvalue weighted by Crippen LogP contribution is -2.52. The van der Waals surface area contributed by atoms with Crippen LogP contribution in [0.5, 0.6) is 0 Å². The maximum absolute atomic E-state index is 13.5. The number of hydrogen-bond donors (Lipinski definition) is 0. The first-order chi connectivity index (χ1) is 12.6. The molecule has 26 heavy (non-hydrogen) atoms. The van der Waals surface area contributed by atoms with Gasteiger partial charge in [0.05, 0.1) is 17.3 Å². The second-order valence-electron chi connectivity index (χ2n) is 7.69. The van der Waals surface area contributed by atoms with Gasteiger partial charge in [0.25, 0.3) is 0 Å². The van der Waals surface area contributed by atoms with Crippen molar-refractivity contribution >= 4 is 34.8 Å². The van der Waals surface area contributed by atoms with Crippen molar-refractivity contribution in [2.24, 2.45) is 5.92 Å². The van der Waals surface area contributed by atoms with Gasteiger partial charge in [-0.05, 0) is 37.5 Å². The molecule has 0 bridgehead atoms. The Balaban J connectivity index is 1.63. The van der Waals surface area contributed by atoms with Crippen LogP contribution in [0.2, 0.25) is 5.02 Å². The lowest BCUT2D eigenvalue weighted by Gasteiger charge is -2.42. The normalized spacial score (nSPS) is 26.2. The van der Waals surface area contributed by atoms with E-state index < -0.39 is 0 Å². The number of benzene rings is 1. The summed E-state index contributed by atoms with van der Waals surface area (Å²) in [6.45, 7) is 2.28. The molecule has 2 atom stereocenters. The van der Waals surface area contributed by atoms with Crippen molar-refractivity contribution in [1.29, 1.82) is 0 Å². The van der Waals surface area contributed by atoms with Crippen LogP contribution in [-0.4, -0.2) is 49.4 Å². The van der Waals surface area contributed by atoms with Gasteiger partial charge in [-0.25, -0.2) is 0 Å². The van der Waals surface area contributed by atoms with Crippen molar-refractivity contribution in [2.75, 3.05) is 36.5 Å². The molecule has 3 aliphatic rings. The zero-order chi connectivity index (χ0) is 18.3. The molecular weight excluding hydrogens is 350 g/mol. The number of carbonyl (C=O) groups excluding carboxylic acids is 2. The number of likely N-dealkylation sites (tertiary alicyclic amines) is 1. The van der Waals surface area contributed by atoms with Crippen LogP contribution in [0.3, 0.4) is 0 Å². The van der Waals surface area contributed by atoms with Crippen LogP contribution in [0, 0.1) is 5.92 Å². The van der Waals surface area contributed by atoms with Crippen molar-refractivity contribution in [3.63, 3.8) is 0 Å². The SMILES string of the molecule is CN1CCN(C(=O)[C@@H]2CCCC[C@@H]2N2CCCC2=O)c2cc(Cl)ccc21. The molecule has 1 aromatic rings. The van der Waals surface area contributed by atoms with Gasteiger partial charge >= 0.3 is 0 Å². The largest absolute Gasteiger partial charge is 0.371 e. The molecule has 2 aliphatic heterocycles. The summed E-state index contributed by atoms with van der Waals surface area (Å²) in [7, 11) is 2.04. The summed E-state index contributed by atoms with van der Waals surface area (Å²) < 4.78 is 0. The fourth-order valence-electron chi connectivity index (χ4n) is 4.75. The number of anilines is 2. The summed E-state index contributed by atoms with van der Waals surface area (Å²) in [6, 6.07) is 5.81. The summed E-state index contributed by atoms with van der Waals surface area (Å²) in [5.41, 5.74) is 1.94. The Labute approximate surface area is 159 Å². The number of rotatable bonds is 2. The molecule has 6 heteroatoms. The number of nitrogens with zero attached hydrogens (tertiary/aromatic N) is 3. The van der Waals surface area contributed by atoms with Crippen LogP contribution in [0.25, 0.3) is 0 Å². The Morgan fingerprint density at radius 3 is 2.65 bits per heavy atom. The zero-order valence-corrected chi connectivity index (χ0v) is 16.0. The molecule has 0 aromatic heterocycles. The van der Waals surface area contributed by atoms with Crippen molar-refractivity contribution in [2.45, 2.75) is 44.6 Å². The molecule has 2 heterocycles. The molecular formula is C20H26ClN3O2. The molecule has 0 N–H and O–H groups in total. The van der Waals surface area contributed by atoms with E-state index in [1.54, 1.807) is 0 Å². The molecule has 140 valence electrons. The number of carbonyl (C=O) groups is 2. The summed E-state index contributed by atoms with van der Waals surface area (Å²) in [5.74, 6) is 0.281. The van der Waals surface area contributed by atoms with Crippen LogP contribution in [0.1, 0.15) is 38.5 Å². The van der Waals surface area contributed by atoms with E-state index in [1.807, 2.05) is 35.0 Å². The van der Waals surface area contributed by atoms with Gasteiger partial charge in [0.1, 0.15) is 0 Å². The van der Waals surface area contributed by atoms with Gasteiger partial charge in [0, 0.05) is 44.2 Å². The second kappa shape index (κ2) is 7.10. The fourth-order valence-corrected chi connectivity index (χ4v) is 4.91. The van der Waals surface area contributed by atoms with Gasteiger partial charge in [-0.3, -0.25) is 9.59 Å². The number of fused-ring (bicyclic) bond motifs is 1. The first-order valence-corrected chi connectivity index (χ1v) is 10.1. The van der Waals surface area contributed by atoms with Gasteiger partial charge in [-0.15, -0.1) is 0 Å². The smallest absolute Gasteiger partial charge is 0.232 e. The molecule has 2 fully saturated rings. The molecule has 2 amide bonds. The minimum atomic E-state index is -0.0963. The maximum Gasteiger partial charge on any atom is 0.232 e. The van der Waals surface area contributed by atoms with Crippen molar-refractivity contribution < 1.29 is 9.59 Å². The Morgan fingerprint density at radius 2 is 1.88 bits per heavy atom. The molecule has 1 aromatic carbocycles. The van der Waals surface area contributed by atoms with E-state index in [9.17, 15) is 9.59 Å². The number of amides is 2. The van der Waals surface area contributed by atoms with E-state index in [1.165, 1.54) is 0 Å². The topological polar surface area (TPSA) is 43.9 Å². The number of hydrogen-bond acceptors (Lipinski definition) is 3. The summed E-state index contributed by atoms with van der Waals surface area (Å²) in [6.07, 6.45) is 5.52. The molecule has 1 saturated carbocycles. The van der Waals surface area contributed by atoms with Crippen molar-refractivity contribution in [1.82, 2.24) is 4.90 Å². The van der Waals surface area contributed by atoms with E-state index in [0.717, 1.165) is 56.6 Å². The maximum atomic E-state index is 13.5. The fraction of sp³-hybridized carbons (Fsp3) is 0.600. The van der Waals surface area contributed by atoms with Crippen molar-refractivity contribution in [3.05, 3.63) is 23.2 Å². The molecule has 0 radical (unpaired) electrons. The van der Waals surface area contributed by atoms with Gasteiger partial charge < -0.3 is 14.7 Å². The molecule has 4 rings (SSSR count). The Bertz CT molecular complexity index is 723. The molecule has 1 aliphatic carbocycles. The Kier molecular flexibility index (Phi) is 4.82. The molecule has 5 nitrogen and oxygen atoms in total. The summed E-state index contributed by atoms with van der Waals surface area (Å²) in [4.78, 5) is 31.9. The first kappa shape index (κ1) is 17.7. The first-order valence-electron chi connectivity index (χ1n) is 9.68. The molecule has 0 unspecified atom stereocenters. The highest BCUT2D eigenvalue weighted by molar-refractivity contribution is 6.31. The summed E-state index contributed by atoms with van der Waals surface area (Å²) >= 11 is 6.22. The molecule has 1 saturated heterocycles. The van der Waals surface area contributed by atoms with Gasteiger partial charge in [-0.1, -0.05) is 24.4 Å². The van der Waals surface area contributed by atoms with E-state index in [2.05, 4.69) is 4.90 Å². The second-order valence-corrected chi connectivity index (χ2v) is 8.13.